The van der Waals surface area contributed by atoms with Crippen LogP contribution in [0.25, 0.3) is 0 Å². The molecule has 10 rings (SSSR count). The summed E-state index contributed by atoms with van der Waals surface area (Å²) in [6, 6.07) is 104. The molecule has 0 radical (unpaired) electrons. The van der Waals surface area contributed by atoms with Gasteiger partial charge in [-0.3, -0.25) is 0 Å². The average Bonchev–Trinajstić information content (AvgIpc) is 0.727. The van der Waals surface area contributed by atoms with Gasteiger partial charge in [0.05, 0.1) is 0 Å². The molecular weight excluding hydrogens is 1290 g/mol. The molecule has 482 valence electrons. The second-order valence-electron chi connectivity index (χ2n) is 29.0. The molecule has 94 heavy (non-hydrogen) atoms. The van der Waals surface area contributed by atoms with Crippen LogP contribution in [0.5, 0.6) is 0 Å². The van der Waals surface area contributed by atoms with Crippen LogP contribution in [0.3, 0.4) is 0 Å². The third kappa shape index (κ3) is 14.3. The first-order valence-electron chi connectivity index (χ1n) is 35.2. The van der Waals surface area contributed by atoms with Crippen molar-refractivity contribution in [3.05, 3.63) is 345 Å². The van der Waals surface area contributed by atoms with Crippen molar-refractivity contribution in [3.8, 4) is 0 Å². The summed E-state index contributed by atoms with van der Waals surface area (Å²) in [5.41, 5.74) is 25.0. The van der Waals surface area contributed by atoms with Crippen LogP contribution in [0, 0.1) is 0 Å². The minimum absolute atomic E-state index is 0.0299. The summed E-state index contributed by atoms with van der Waals surface area (Å²) in [5.74, 6) is 0.448. The van der Waals surface area contributed by atoms with Crippen molar-refractivity contribution in [3.63, 3.8) is 0 Å². The predicted molar refractivity (Wildman–Crippen MR) is 415 cm³/mol. The SMILES string of the molecule is CC(C)c1cc(C(c2ccccc2)c2ccccc2)c([N]([Ge]#[Ge][N](c2c(C(c3ccccc3)c3ccccc3)cc(C(C)C)cc2C(c2ccccc2)c2ccccc2)[Si](C(C)C)(C(C)C)C(C)C)[Si](C(C)C)(C(C)C)C(C)C)c(C(c2ccccc2)c2ccccc2)c1. The van der Waals surface area contributed by atoms with Crippen molar-refractivity contribution in [2.24, 2.45) is 0 Å². The van der Waals surface area contributed by atoms with E-state index in [1.165, 1.54) is 89.3 Å². The Balaban J connectivity index is 1.50. The molecule has 0 aliphatic heterocycles. The van der Waals surface area contributed by atoms with E-state index in [0.29, 0.717) is 33.2 Å². The third-order valence-electron chi connectivity index (χ3n) is 21.1. The Labute approximate surface area is 580 Å². The van der Waals surface area contributed by atoms with Crippen molar-refractivity contribution >= 4 is 53.6 Å². The van der Waals surface area contributed by atoms with Gasteiger partial charge in [-0.2, -0.15) is 0 Å². The first-order chi connectivity index (χ1) is 45.3. The number of rotatable bonds is 24. The van der Waals surface area contributed by atoms with E-state index in [0.717, 1.165) is 0 Å². The van der Waals surface area contributed by atoms with Crippen LogP contribution in [-0.4, -0.2) is 42.2 Å². The molecule has 0 saturated heterocycles. The summed E-state index contributed by atoms with van der Waals surface area (Å²) in [4.78, 5) is 0. The van der Waals surface area contributed by atoms with Gasteiger partial charge >= 0.3 is 585 Å². The fourth-order valence-electron chi connectivity index (χ4n) is 17.2. The second-order valence-corrected chi connectivity index (χ2v) is 50.0. The Bertz CT molecular complexity index is 3400. The molecule has 0 N–H and O–H groups in total. The first-order valence-corrected chi connectivity index (χ1v) is 47.9. The van der Waals surface area contributed by atoms with Crippen molar-refractivity contribution in [2.45, 2.75) is 180 Å². The maximum atomic E-state index is 3.44. The average molecular weight is 1390 g/mol. The second kappa shape index (κ2) is 31.5. The molecule has 0 heterocycles. The van der Waals surface area contributed by atoms with Gasteiger partial charge in [-0.05, 0) is 0 Å². The molecule has 0 amide bonds. The molecule has 0 atom stereocenters. The van der Waals surface area contributed by atoms with Gasteiger partial charge in [0.25, 0.3) is 0 Å². The fourth-order valence-corrected chi connectivity index (χ4v) is 64.1. The van der Waals surface area contributed by atoms with Crippen LogP contribution >= 0.6 is 0 Å². The standard InChI is InChI=1S/C88H104Ge2N2Si2/c1-61(2)77-57-79(83(69-41-25-17-26-42-69)70-43-27-18-28-44-70)87(80(58-77)84(71-45-29-19-30-46-71)72-47-31-20-32-48-72)91(93(63(5)6,64(7)8)65(9)10)89-90-92(94(66(11)12,67(13)14)68(15)16)88-81(85(73-49-33-21-34-50-73)74-51-35-22-36-52-74)59-78(62(3)4)60-82(88)86(75-53-37-23-38-54-75)76-55-39-24-40-56-76/h17-68,83-86H,1-16H3. The summed E-state index contributed by atoms with van der Waals surface area (Å²) in [7, 11) is -5.41. The van der Waals surface area contributed by atoms with Crippen molar-refractivity contribution in [2.75, 3.05) is 7.05 Å². The first kappa shape index (κ1) is 70.1. The maximum absolute atomic E-state index is 3.44. The van der Waals surface area contributed by atoms with Gasteiger partial charge in [-0.1, -0.05) is 0 Å². The van der Waals surface area contributed by atoms with Gasteiger partial charge in [0.1, 0.15) is 0 Å². The number of nitrogens with zero attached hydrogens (tertiary/aromatic N) is 2. The van der Waals surface area contributed by atoms with Gasteiger partial charge in [0.2, 0.25) is 0 Å². The molecule has 10 aromatic rings. The van der Waals surface area contributed by atoms with E-state index >= 15 is 0 Å². The Morgan fingerprint density at radius 3 is 0.489 bits per heavy atom. The Morgan fingerprint density at radius 2 is 0.362 bits per heavy atom. The van der Waals surface area contributed by atoms with Gasteiger partial charge in [-0.15, -0.1) is 0 Å². The molecule has 0 saturated carbocycles. The molecule has 6 heteroatoms. The molecule has 0 bridgehead atoms. The zero-order valence-corrected chi connectivity index (χ0v) is 65.4. The van der Waals surface area contributed by atoms with Crippen molar-refractivity contribution in [1.29, 1.82) is 0 Å². The predicted octanol–water partition coefficient (Wildman–Crippen LogP) is 24.5. The summed E-state index contributed by atoms with van der Waals surface area (Å²) >= 11 is -2.16. The molecule has 0 unspecified atom stereocenters. The fraction of sp³-hybridized carbons (Fsp3) is 0.318. The molecule has 2 nitrogen and oxygen atoms in total. The van der Waals surface area contributed by atoms with E-state index in [4.69, 9.17) is 0 Å². The van der Waals surface area contributed by atoms with E-state index in [1.807, 2.05) is 0 Å². The number of anilines is 2. The van der Waals surface area contributed by atoms with Crippen LogP contribution in [-0.2, 0) is 0 Å². The van der Waals surface area contributed by atoms with Crippen LogP contribution in [0.4, 0.5) is 11.4 Å². The van der Waals surface area contributed by atoms with Gasteiger partial charge < -0.3 is 0 Å². The molecular formula is C88H104Ge2N2Si2. The monoisotopic (exact) mass is 1390 g/mol. The molecule has 0 spiro atoms. The Kier molecular flexibility index (Phi) is 23.5. The number of hydrogen-bond acceptors (Lipinski definition) is 2. The molecule has 0 aliphatic carbocycles. The van der Waals surface area contributed by atoms with E-state index in [-0.39, 0.29) is 35.5 Å². The van der Waals surface area contributed by atoms with Crippen LogP contribution in [0.15, 0.2) is 267 Å². The number of benzene rings is 10. The van der Waals surface area contributed by atoms with E-state index in [2.05, 4.69) is 385 Å². The van der Waals surface area contributed by atoms with Crippen molar-refractivity contribution in [1.82, 2.24) is 0 Å². The van der Waals surface area contributed by atoms with Crippen molar-refractivity contribution < 1.29 is 0 Å². The topological polar surface area (TPSA) is 6.48 Å². The molecule has 0 aliphatic rings. The van der Waals surface area contributed by atoms with Gasteiger partial charge in [0.15, 0.2) is 0 Å². The number of hydrogen-bond donors (Lipinski definition) is 0. The minimum atomic E-state index is -2.71. The molecule has 0 aromatic heterocycles. The van der Waals surface area contributed by atoms with Crippen LogP contribution in [0.2, 0.25) is 33.2 Å². The zero-order valence-electron chi connectivity index (χ0n) is 59.2. The van der Waals surface area contributed by atoms with E-state index in [9.17, 15) is 0 Å². The van der Waals surface area contributed by atoms with Crippen LogP contribution < -0.4 is 7.05 Å². The molecule has 10 aromatic carbocycles. The Hall–Kier alpha value is -6.68. The van der Waals surface area contributed by atoms with Crippen LogP contribution in [0.1, 0.15) is 224 Å². The van der Waals surface area contributed by atoms with Gasteiger partial charge in [0, 0.05) is 0 Å². The quantitative estimate of drug-likeness (QED) is 0.0439. The summed E-state index contributed by atoms with van der Waals surface area (Å²) < 4.78 is 6.87. The molecule has 0 fully saturated rings. The van der Waals surface area contributed by atoms with E-state index < -0.39 is 42.2 Å². The third-order valence-corrected chi connectivity index (χ3v) is 53.1. The summed E-state index contributed by atoms with van der Waals surface area (Å²) in [6.07, 6.45) is 0. The normalized spacial score (nSPS) is 12.3. The zero-order chi connectivity index (χ0) is 66.8. The Morgan fingerprint density at radius 1 is 0.213 bits per heavy atom. The van der Waals surface area contributed by atoms with E-state index in [1.54, 1.807) is 0 Å². The van der Waals surface area contributed by atoms with Gasteiger partial charge in [-0.25, -0.2) is 0 Å². The summed E-state index contributed by atoms with van der Waals surface area (Å²) in [5, 5.41) is 0. The summed E-state index contributed by atoms with van der Waals surface area (Å²) in [6.45, 7) is 41.5.